The fraction of sp³-hybridized carbons (Fsp3) is 0.0526. The number of benzene rings is 3. The Labute approximate surface area is 132 Å². The summed E-state index contributed by atoms with van der Waals surface area (Å²) in [7, 11) is 0. The van der Waals surface area contributed by atoms with Gasteiger partial charge in [-0.15, -0.1) is 0 Å². The van der Waals surface area contributed by atoms with Gasteiger partial charge in [-0.05, 0) is 67.9 Å². The van der Waals surface area contributed by atoms with Crippen LogP contribution in [0.1, 0.15) is 11.1 Å². The maximum Gasteiger partial charge on any atom is 0.0458 e. The molecule has 3 aromatic rings. The predicted molar refractivity (Wildman–Crippen MR) is 92.2 cm³/mol. The molecule has 0 fully saturated rings. The van der Waals surface area contributed by atoms with Crippen LogP contribution < -0.4 is 5.73 Å². The van der Waals surface area contributed by atoms with Crippen LogP contribution in [0.15, 0.2) is 65.1 Å². The Balaban J connectivity index is 1.92. The van der Waals surface area contributed by atoms with Gasteiger partial charge in [0.2, 0.25) is 0 Å². The normalized spacial score (nSPS) is 12.0. The molecule has 0 radical (unpaired) electrons. The molecule has 1 aliphatic rings. The zero-order chi connectivity index (χ0) is 14.4. The quantitative estimate of drug-likeness (QED) is 0.471. The molecule has 4 rings (SSSR count). The fourth-order valence-corrected chi connectivity index (χ4v) is 3.50. The van der Waals surface area contributed by atoms with Crippen LogP contribution in [0.4, 0.5) is 5.69 Å². The lowest BCUT2D eigenvalue weighted by molar-refractivity contribution is 1.26. The minimum absolute atomic E-state index is 0.773. The molecule has 0 amide bonds. The van der Waals surface area contributed by atoms with E-state index >= 15 is 0 Å². The molecular weight excluding hydrogens is 322 g/mol. The van der Waals surface area contributed by atoms with Crippen LogP contribution in [0.25, 0.3) is 22.3 Å². The van der Waals surface area contributed by atoms with Crippen molar-refractivity contribution in [1.29, 1.82) is 0 Å². The first-order valence-electron chi connectivity index (χ1n) is 6.99. The highest BCUT2D eigenvalue weighted by Gasteiger charge is 2.20. The largest absolute Gasteiger partial charge is 0.398 e. The monoisotopic (exact) mass is 335 g/mol. The highest BCUT2D eigenvalue weighted by Crippen LogP contribution is 2.42. The lowest BCUT2D eigenvalue weighted by Gasteiger charge is -2.10. The number of nitrogens with two attached hydrogens (primary N) is 1. The molecule has 0 unspecified atom stereocenters. The molecule has 0 spiro atoms. The van der Waals surface area contributed by atoms with Gasteiger partial charge in [-0.3, -0.25) is 0 Å². The molecule has 0 aliphatic heterocycles. The van der Waals surface area contributed by atoms with E-state index in [2.05, 4.69) is 70.5 Å². The Kier molecular flexibility index (Phi) is 2.86. The summed E-state index contributed by atoms with van der Waals surface area (Å²) >= 11 is 3.53. The molecule has 21 heavy (non-hydrogen) atoms. The van der Waals surface area contributed by atoms with E-state index in [1.54, 1.807) is 0 Å². The van der Waals surface area contributed by atoms with Crippen LogP contribution in [0, 0.1) is 0 Å². The van der Waals surface area contributed by atoms with Crippen LogP contribution in [-0.2, 0) is 6.42 Å². The summed E-state index contributed by atoms with van der Waals surface area (Å²) < 4.78 is 0.952. The number of nitrogen functional groups attached to an aromatic ring is 1. The van der Waals surface area contributed by atoms with Crippen molar-refractivity contribution in [1.82, 2.24) is 0 Å². The van der Waals surface area contributed by atoms with Crippen LogP contribution in [0.5, 0.6) is 0 Å². The molecule has 2 heteroatoms. The Hall–Kier alpha value is -2.06. The van der Waals surface area contributed by atoms with Gasteiger partial charge in [0, 0.05) is 10.2 Å². The number of rotatable bonds is 1. The Morgan fingerprint density at radius 1 is 0.810 bits per heavy atom. The van der Waals surface area contributed by atoms with Crippen molar-refractivity contribution in [2.75, 3.05) is 5.73 Å². The highest BCUT2D eigenvalue weighted by molar-refractivity contribution is 9.10. The van der Waals surface area contributed by atoms with Gasteiger partial charge in [-0.2, -0.15) is 0 Å². The second-order valence-electron chi connectivity index (χ2n) is 5.40. The fourth-order valence-electron chi connectivity index (χ4n) is 3.12. The Morgan fingerprint density at radius 2 is 1.57 bits per heavy atom. The standard InChI is InChI=1S/C19H14BrN/c20-18-11-13(8-9-19(18)21)15-6-3-7-16-14-5-2-1-4-12(14)10-17(15)16/h1-9,11H,10,21H2. The van der Waals surface area contributed by atoms with E-state index in [1.165, 1.54) is 33.4 Å². The molecule has 1 nitrogen and oxygen atoms in total. The number of halogens is 1. The van der Waals surface area contributed by atoms with Crippen LogP contribution in [-0.4, -0.2) is 0 Å². The average molecular weight is 336 g/mol. The van der Waals surface area contributed by atoms with Crippen molar-refractivity contribution in [3.8, 4) is 22.3 Å². The molecule has 0 atom stereocenters. The second-order valence-corrected chi connectivity index (χ2v) is 6.26. The first kappa shape index (κ1) is 12.7. The Morgan fingerprint density at radius 3 is 2.43 bits per heavy atom. The molecule has 0 aromatic heterocycles. The lowest BCUT2D eigenvalue weighted by Crippen LogP contribution is -1.90. The summed E-state index contributed by atoms with van der Waals surface area (Å²) in [6.07, 6.45) is 1.00. The zero-order valence-corrected chi connectivity index (χ0v) is 13.0. The van der Waals surface area contributed by atoms with E-state index in [4.69, 9.17) is 5.73 Å². The SMILES string of the molecule is Nc1ccc(-c2cccc3c2Cc2ccccc2-3)cc1Br. The van der Waals surface area contributed by atoms with Gasteiger partial charge >= 0.3 is 0 Å². The van der Waals surface area contributed by atoms with Gasteiger partial charge in [0.15, 0.2) is 0 Å². The van der Waals surface area contributed by atoms with E-state index < -0.39 is 0 Å². The second kappa shape index (κ2) is 4.74. The first-order valence-corrected chi connectivity index (χ1v) is 7.79. The highest BCUT2D eigenvalue weighted by atomic mass is 79.9. The van der Waals surface area contributed by atoms with Crippen LogP contribution >= 0.6 is 15.9 Å². The van der Waals surface area contributed by atoms with E-state index in [9.17, 15) is 0 Å². The summed E-state index contributed by atoms with van der Waals surface area (Å²) in [5.41, 5.74) is 14.7. The van der Waals surface area contributed by atoms with Crippen molar-refractivity contribution in [2.24, 2.45) is 0 Å². The molecule has 1 aliphatic carbocycles. The molecule has 0 saturated heterocycles. The summed E-state index contributed by atoms with van der Waals surface area (Å²) in [6, 6.07) is 21.4. The third-order valence-electron chi connectivity index (χ3n) is 4.16. The first-order chi connectivity index (χ1) is 10.2. The van der Waals surface area contributed by atoms with Gasteiger partial charge in [0.25, 0.3) is 0 Å². The average Bonchev–Trinajstić information content (AvgIpc) is 2.89. The maximum absolute atomic E-state index is 5.90. The van der Waals surface area contributed by atoms with E-state index in [1.807, 2.05) is 6.07 Å². The minimum atomic E-state index is 0.773. The van der Waals surface area contributed by atoms with Crippen molar-refractivity contribution < 1.29 is 0 Å². The summed E-state index contributed by atoms with van der Waals surface area (Å²) in [5.74, 6) is 0. The van der Waals surface area contributed by atoms with Gasteiger partial charge in [0.1, 0.15) is 0 Å². The van der Waals surface area contributed by atoms with Gasteiger partial charge in [-0.1, -0.05) is 48.5 Å². The van der Waals surface area contributed by atoms with Crippen molar-refractivity contribution >= 4 is 21.6 Å². The molecule has 0 bridgehead atoms. The van der Waals surface area contributed by atoms with Gasteiger partial charge in [0.05, 0.1) is 0 Å². The Bertz CT molecular complexity index is 852. The molecule has 3 aromatic carbocycles. The van der Waals surface area contributed by atoms with E-state index in [-0.39, 0.29) is 0 Å². The lowest BCUT2D eigenvalue weighted by atomic mass is 9.96. The van der Waals surface area contributed by atoms with Crippen molar-refractivity contribution in [2.45, 2.75) is 6.42 Å². The number of hydrogen-bond acceptors (Lipinski definition) is 1. The van der Waals surface area contributed by atoms with Crippen molar-refractivity contribution in [3.05, 3.63) is 76.3 Å². The van der Waals surface area contributed by atoms with Crippen molar-refractivity contribution in [3.63, 3.8) is 0 Å². The molecular formula is C19H14BrN. The molecule has 102 valence electrons. The number of fused-ring (bicyclic) bond motifs is 3. The number of hydrogen-bond donors (Lipinski definition) is 1. The minimum Gasteiger partial charge on any atom is -0.398 e. The van der Waals surface area contributed by atoms with Gasteiger partial charge < -0.3 is 5.73 Å². The molecule has 0 heterocycles. The summed E-state index contributed by atoms with van der Waals surface area (Å²) in [5, 5.41) is 0. The predicted octanol–water partition coefficient (Wildman–Crippen LogP) is 5.27. The van der Waals surface area contributed by atoms with E-state index in [0.717, 1.165) is 16.6 Å². The third kappa shape index (κ3) is 1.98. The summed E-state index contributed by atoms with van der Waals surface area (Å²) in [6.45, 7) is 0. The molecule has 2 N–H and O–H groups in total. The third-order valence-corrected chi connectivity index (χ3v) is 4.85. The molecule has 0 saturated carbocycles. The van der Waals surface area contributed by atoms with Crippen LogP contribution in [0.2, 0.25) is 0 Å². The number of anilines is 1. The zero-order valence-electron chi connectivity index (χ0n) is 11.4. The van der Waals surface area contributed by atoms with Gasteiger partial charge in [-0.25, -0.2) is 0 Å². The topological polar surface area (TPSA) is 26.0 Å². The van der Waals surface area contributed by atoms with Crippen LogP contribution in [0.3, 0.4) is 0 Å². The smallest absolute Gasteiger partial charge is 0.0458 e. The maximum atomic E-state index is 5.90. The summed E-state index contributed by atoms with van der Waals surface area (Å²) in [4.78, 5) is 0. The van der Waals surface area contributed by atoms with E-state index in [0.29, 0.717) is 0 Å².